The topological polar surface area (TPSA) is 92.7 Å². The molecule has 0 spiro atoms. The van der Waals surface area contributed by atoms with E-state index in [4.69, 9.17) is 4.74 Å². The van der Waals surface area contributed by atoms with E-state index in [1.807, 2.05) is 25.7 Å². The van der Waals surface area contributed by atoms with E-state index in [1.165, 1.54) is 7.11 Å². The Balaban J connectivity index is 2.24. The number of rotatable bonds is 7. The van der Waals surface area contributed by atoms with Gasteiger partial charge in [0.25, 0.3) is 5.91 Å². The Morgan fingerprint density at radius 1 is 1.17 bits per heavy atom. The van der Waals surface area contributed by atoms with Crippen molar-refractivity contribution in [3.8, 4) is 0 Å². The van der Waals surface area contributed by atoms with Crippen LogP contribution in [0.15, 0.2) is 0 Å². The molecule has 2 heterocycles. The van der Waals surface area contributed by atoms with Crippen molar-refractivity contribution in [2.45, 2.75) is 72.3 Å². The molecule has 1 aromatic heterocycles. The molecule has 1 unspecified atom stereocenters. The first kappa shape index (κ1) is 23.8. The second-order valence-corrected chi connectivity index (χ2v) is 8.17. The summed E-state index contributed by atoms with van der Waals surface area (Å²) in [7, 11) is 1.28. The number of unbranched alkanes of at least 4 members (excludes halogenated alkanes) is 2. The summed E-state index contributed by atoms with van der Waals surface area (Å²) in [6.45, 7) is 10.9. The summed E-state index contributed by atoms with van der Waals surface area (Å²) >= 11 is 0. The highest BCUT2D eigenvalue weighted by Gasteiger charge is 2.34. The number of esters is 1. The molecule has 0 aromatic carbocycles. The van der Waals surface area contributed by atoms with Crippen molar-refractivity contribution in [3.63, 3.8) is 0 Å². The van der Waals surface area contributed by atoms with E-state index in [0.717, 1.165) is 19.3 Å². The summed E-state index contributed by atoms with van der Waals surface area (Å²) in [5, 5.41) is 0. The van der Waals surface area contributed by atoms with E-state index < -0.39 is 5.97 Å². The molecule has 2 amide bonds. The lowest BCUT2D eigenvalue weighted by Crippen LogP contribution is -2.55. The minimum absolute atomic E-state index is 0.0659. The third kappa shape index (κ3) is 5.34. The number of hydrogen-bond acceptors (Lipinski definition) is 6. The van der Waals surface area contributed by atoms with Gasteiger partial charge in [0.15, 0.2) is 0 Å². The highest BCUT2D eigenvalue weighted by atomic mass is 16.5. The molecule has 0 N–H and O–H groups in total. The van der Waals surface area contributed by atoms with E-state index in [9.17, 15) is 14.4 Å². The number of amides is 2. The van der Waals surface area contributed by atoms with Gasteiger partial charge in [0.2, 0.25) is 5.91 Å². The number of nitrogens with zero attached hydrogens (tertiary/aromatic N) is 4. The molecule has 0 bridgehead atoms. The van der Waals surface area contributed by atoms with Crippen LogP contribution in [0.1, 0.15) is 91.7 Å². The highest BCUT2D eigenvalue weighted by molar-refractivity contribution is 6.04. The largest absolute Gasteiger partial charge is 0.465 e. The van der Waals surface area contributed by atoms with Gasteiger partial charge in [-0.15, -0.1) is 0 Å². The minimum atomic E-state index is -0.611. The number of methoxy groups -OCH3 is 1. The molecule has 1 atom stereocenters. The first-order valence-corrected chi connectivity index (χ1v) is 10.8. The van der Waals surface area contributed by atoms with Crippen molar-refractivity contribution < 1.29 is 19.1 Å². The van der Waals surface area contributed by atoms with Crippen LogP contribution in [0.2, 0.25) is 0 Å². The first-order chi connectivity index (χ1) is 14.2. The molecular formula is C22H34N4O4. The second kappa shape index (κ2) is 10.5. The van der Waals surface area contributed by atoms with Crippen LogP contribution in [0.5, 0.6) is 0 Å². The van der Waals surface area contributed by atoms with E-state index >= 15 is 0 Å². The summed E-state index contributed by atoms with van der Waals surface area (Å²) in [6, 6.07) is -0.0918. The van der Waals surface area contributed by atoms with Gasteiger partial charge in [-0.2, -0.15) is 0 Å². The van der Waals surface area contributed by atoms with Crippen LogP contribution in [-0.4, -0.2) is 70.3 Å². The average Bonchev–Trinajstić information content (AvgIpc) is 2.71. The summed E-state index contributed by atoms with van der Waals surface area (Å²) in [5.41, 5.74) is 0.720. The minimum Gasteiger partial charge on any atom is -0.465 e. The number of piperazine rings is 1. The van der Waals surface area contributed by atoms with Gasteiger partial charge >= 0.3 is 5.97 Å². The SMILES string of the molecule is CCCCCC(=O)N1CCN(C(=O)c2nc(C)nc(C(C)C)c2C(=O)OC)CC1C. The molecule has 1 aliphatic heterocycles. The maximum absolute atomic E-state index is 13.3. The Bertz CT molecular complexity index is 794. The fourth-order valence-corrected chi connectivity index (χ4v) is 3.80. The maximum atomic E-state index is 13.3. The Labute approximate surface area is 179 Å². The molecule has 8 heteroatoms. The molecule has 8 nitrogen and oxygen atoms in total. The zero-order valence-electron chi connectivity index (χ0n) is 19.0. The standard InChI is InChI=1S/C22H34N4O4/c1-7-8-9-10-17(27)26-12-11-25(13-15(26)4)21(28)20-18(22(29)30-6)19(14(2)3)23-16(5)24-20/h14-15H,7-13H2,1-6H3. The van der Waals surface area contributed by atoms with Crippen LogP contribution in [0.4, 0.5) is 0 Å². The van der Waals surface area contributed by atoms with Crippen LogP contribution in [-0.2, 0) is 9.53 Å². The Kier molecular flexibility index (Phi) is 8.32. The van der Waals surface area contributed by atoms with Crippen molar-refractivity contribution in [1.29, 1.82) is 0 Å². The fourth-order valence-electron chi connectivity index (χ4n) is 3.80. The van der Waals surface area contributed by atoms with Crippen molar-refractivity contribution in [1.82, 2.24) is 19.8 Å². The van der Waals surface area contributed by atoms with Gasteiger partial charge in [0, 0.05) is 32.1 Å². The molecule has 1 fully saturated rings. The summed E-state index contributed by atoms with van der Waals surface area (Å²) in [6.07, 6.45) is 3.55. The molecular weight excluding hydrogens is 384 g/mol. The predicted molar refractivity (Wildman–Crippen MR) is 113 cm³/mol. The van der Waals surface area contributed by atoms with Crippen LogP contribution >= 0.6 is 0 Å². The summed E-state index contributed by atoms with van der Waals surface area (Å²) < 4.78 is 4.92. The van der Waals surface area contributed by atoms with Gasteiger partial charge in [-0.3, -0.25) is 9.59 Å². The third-order valence-electron chi connectivity index (χ3n) is 5.42. The van der Waals surface area contributed by atoms with Gasteiger partial charge in [-0.1, -0.05) is 33.6 Å². The Morgan fingerprint density at radius 3 is 2.43 bits per heavy atom. The van der Waals surface area contributed by atoms with Crippen LogP contribution in [0.25, 0.3) is 0 Å². The lowest BCUT2D eigenvalue weighted by molar-refractivity contribution is -0.135. The van der Waals surface area contributed by atoms with E-state index in [-0.39, 0.29) is 35.0 Å². The molecule has 0 saturated carbocycles. The Hall–Kier alpha value is -2.51. The van der Waals surface area contributed by atoms with Gasteiger partial charge in [-0.05, 0) is 26.2 Å². The monoisotopic (exact) mass is 418 g/mol. The number of carbonyl (C=O) groups excluding carboxylic acids is 3. The van der Waals surface area contributed by atoms with Crippen molar-refractivity contribution in [2.75, 3.05) is 26.7 Å². The van der Waals surface area contributed by atoms with Gasteiger partial charge in [0.05, 0.1) is 12.8 Å². The zero-order chi connectivity index (χ0) is 22.4. The van der Waals surface area contributed by atoms with E-state index in [0.29, 0.717) is 37.6 Å². The second-order valence-electron chi connectivity index (χ2n) is 8.17. The number of carbonyl (C=O) groups is 3. The third-order valence-corrected chi connectivity index (χ3v) is 5.42. The number of ether oxygens (including phenoxy) is 1. The maximum Gasteiger partial charge on any atom is 0.342 e. The van der Waals surface area contributed by atoms with Crippen LogP contribution in [0, 0.1) is 6.92 Å². The number of aryl methyl sites for hydroxylation is 1. The molecule has 2 rings (SSSR count). The lowest BCUT2D eigenvalue weighted by atomic mass is 10.0. The predicted octanol–water partition coefficient (Wildman–Crippen LogP) is 2.95. The van der Waals surface area contributed by atoms with Gasteiger partial charge in [-0.25, -0.2) is 14.8 Å². The van der Waals surface area contributed by atoms with Crippen LogP contribution in [0.3, 0.4) is 0 Å². The molecule has 0 radical (unpaired) electrons. The normalized spacial score (nSPS) is 16.7. The van der Waals surface area contributed by atoms with Gasteiger partial charge < -0.3 is 14.5 Å². The average molecular weight is 419 g/mol. The highest BCUT2D eigenvalue weighted by Crippen LogP contribution is 2.23. The van der Waals surface area contributed by atoms with Crippen LogP contribution < -0.4 is 0 Å². The van der Waals surface area contributed by atoms with Gasteiger partial charge in [0.1, 0.15) is 17.1 Å². The lowest BCUT2D eigenvalue weighted by Gasteiger charge is -2.40. The number of hydrogen-bond donors (Lipinski definition) is 0. The van der Waals surface area contributed by atoms with Crippen molar-refractivity contribution in [3.05, 3.63) is 22.8 Å². The fraction of sp³-hybridized carbons (Fsp3) is 0.682. The molecule has 30 heavy (non-hydrogen) atoms. The van der Waals surface area contributed by atoms with Crippen molar-refractivity contribution >= 4 is 17.8 Å². The zero-order valence-corrected chi connectivity index (χ0v) is 19.0. The molecule has 1 saturated heterocycles. The summed E-state index contributed by atoms with van der Waals surface area (Å²) in [5.74, 6) is -0.429. The smallest absolute Gasteiger partial charge is 0.342 e. The number of aromatic nitrogens is 2. The molecule has 0 aliphatic carbocycles. The van der Waals surface area contributed by atoms with E-state index in [1.54, 1.807) is 11.8 Å². The Morgan fingerprint density at radius 2 is 1.87 bits per heavy atom. The van der Waals surface area contributed by atoms with E-state index in [2.05, 4.69) is 16.9 Å². The first-order valence-electron chi connectivity index (χ1n) is 10.8. The molecule has 1 aromatic rings. The van der Waals surface area contributed by atoms with Crippen molar-refractivity contribution in [2.24, 2.45) is 0 Å². The quantitative estimate of drug-likeness (QED) is 0.499. The summed E-state index contributed by atoms with van der Waals surface area (Å²) in [4.78, 5) is 50.5. The molecule has 166 valence electrons. The molecule has 1 aliphatic rings.